The molecule has 3 nitrogen and oxygen atoms in total. The molecule has 0 aromatic heterocycles. The molecule has 0 unspecified atom stereocenters. The van der Waals surface area contributed by atoms with Gasteiger partial charge in [0.1, 0.15) is 0 Å². The summed E-state index contributed by atoms with van der Waals surface area (Å²) in [4.78, 5) is 13.2. The highest BCUT2D eigenvalue weighted by Gasteiger charge is 2.21. The molecule has 0 saturated carbocycles. The molecule has 0 aromatic carbocycles. The Morgan fingerprint density at radius 1 is 1.50 bits per heavy atom. The quantitative estimate of drug-likeness (QED) is 0.620. The molecule has 1 amide bonds. The van der Waals surface area contributed by atoms with Gasteiger partial charge in [0.2, 0.25) is 5.91 Å². The summed E-state index contributed by atoms with van der Waals surface area (Å²) in [5.74, 6) is 0.158. The van der Waals surface area contributed by atoms with E-state index < -0.39 is 0 Å². The Hall–Kier alpha value is -0.570. The number of nitrogens with one attached hydrogen (secondary N) is 1. The lowest BCUT2D eigenvalue weighted by molar-refractivity contribution is -0.124. The molecule has 0 bridgehead atoms. The Kier molecular flexibility index (Phi) is 2.73. The summed E-state index contributed by atoms with van der Waals surface area (Å²) >= 11 is 0. The van der Waals surface area contributed by atoms with Crippen LogP contribution in [0.1, 0.15) is 20.8 Å². The fraction of sp³-hybridized carbons (Fsp3) is 0.889. The minimum Gasteiger partial charge on any atom is -0.354 e. The summed E-state index contributed by atoms with van der Waals surface area (Å²) in [6.45, 7) is 9.94. The van der Waals surface area contributed by atoms with Crippen molar-refractivity contribution in [1.29, 1.82) is 0 Å². The minimum atomic E-state index is 0.158. The molecule has 0 aromatic rings. The largest absolute Gasteiger partial charge is 0.354 e. The number of nitrogens with zero attached hydrogens (tertiary/aromatic N) is 1. The highest BCUT2D eigenvalue weighted by molar-refractivity contribution is 5.78. The number of rotatable bonds is 1. The summed E-state index contributed by atoms with van der Waals surface area (Å²) < 4.78 is 0. The second-order valence-corrected chi connectivity index (χ2v) is 4.62. The maximum atomic E-state index is 11.0. The van der Waals surface area contributed by atoms with Gasteiger partial charge in [-0.1, -0.05) is 20.8 Å². The highest BCUT2D eigenvalue weighted by Crippen LogP contribution is 2.15. The molecule has 0 atom stereocenters. The Labute approximate surface area is 74.1 Å². The van der Waals surface area contributed by atoms with Crippen molar-refractivity contribution < 1.29 is 4.79 Å². The molecule has 1 aliphatic heterocycles. The van der Waals surface area contributed by atoms with Crippen molar-refractivity contribution in [1.82, 2.24) is 10.2 Å². The van der Waals surface area contributed by atoms with Crippen molar-refractivity contribution in [2.45, 2.75) is 20.8 Å². The van der Waals surface area contributed by atoms with Crippen LogP contribution in [0, 0.1) is 5.41 Å². The highest BCUT2D eigenvalue weighted by atomic mass is 16.2. The molecule has 3 heteroatoms. The first-order chi connectivity index (χ1) is 5.47. The molecule has 1 aliphatic rings. The number of carbonyl (C=O) groups is 1. The zero-order valence-electron chi connectivity index (χ0n) is 8.18. The lowest BCUT2D eigenvalue weighted by Gasteiger charge is -2.32. The Balaban J connectivity index is 2.37. The zero-order valence-corrected chi connectivity index (χ0v) is 8.18. The van der Waals surface area contributed by atoms with E-state index in [9.17, 15) is 4.79 Å². The molecule has 1 rings (SSSR count). The van der Waals surface area contributed by atoms with Gasteiger partial charge >= 0.3 is 0 Å². The molecule has 1 heterocycles. The second-order valence-electron chi connectivity index (χ2n) is 4.62. The first kappa shape index (κ1) is 9.52. The van der Waals surface area contributed by atoms with Crippen LogP contribution in [0.2, 0.25) is 0 Å². The van der Waals surface area contributed by atoms with E-state index in [0.717, 1.165) is 19.6 Å². The van der Waals surface area contributed by atoms with Crippen LogP contribution < -0.4 is 5.32 Å². The van der Waals surface area contributed by atoms with Crippen molar-refractivity contribution in [3.05, 3.63) is 0 Å². The van der Waals surface area contributed by atoms with Gasteiger partial charge in [0.25, 0.3) is 0 Å². The maximum Gasteiger partial charge on any atom is 0.234 e. The van der Waals surface area contributed by atoms with E-state index in [1.54, 1.807) is 0 Å². The van der Waals surface area contributed by atoms with Crippen molar-refractivity contribution in [2.24, 2.45) is 5.41 Å². The van der Waals surface area contributed by atoms with Gasteiger partial charge in [-0.05, 0) is 5.41 Å². The Morgan fingerprint density at radius 2 is 2.17 bits per heavy atom. The van der Waals surface area contributed by atoms with Crippen LogP contribution in [-0.4, -0.2) is 37.0 Å². The van der Waals surface area contributed by atoms with Gasteiger partial charge in [-0.3, -0.25) is 9.69 Å². The molecule has 1 saturated heterocycles. The van der Waals surface area contributed by atoms with E-state index >= 15 is 0 Å². The lowest BCUT2D eigenvalue weighted by Crippen LogP contribution is -2.49. The Morgan fingerprint density at radius 3 is 2.67 bits per heavy atom. The van der Waals surface area contributed by atoms with E-state index in [1.807, 2.05) is 0 Å². The maximum absolute atomic E-state index is 11.0. The van der Waals surface area contributed by atoms with E-state index in [2.05, 4.69) is 31.0 Å². The first-order valence-corrected chi connectivity index (χ1v) is 4.46. The molecule has 0 radical (unpaired) electrons. The lowest BCUT2D eigenvalue weighted by atomic mass is 9.96. The fourth-order valence-corrected chi connectivity index (χ4v) is 1.50. The van der Waals surface area contributed by atoms with Gasteiger partial charge in [0.05, 0.1) is 6.54 Å². The third kappa shape index (κ3) is 3.22. The molecule has 0 aliphatic carbocycles. The van der Waals surface area contributed by atoms with Crippen LogP contribution in [0.25, 0.3) is 0 Å². The van der Waals surface area contributed by atoms with Crippen LogP contribution in [0.4, 0.5) is 0 Å². The molecule has 12 heavy (non-hydrogen) atoms. The van der Waals surface area contributed by atoms with Crippen molar-refractivity contribution in [3.63, 3.8) is 0 Å². The number of amides is 1. The van der Waals surface area contributed by atoms with Gasteiger partial charge in [0.15, 0.2) is 0 Å². The average molecular weight is 170 g/mol. The SMILES string of the molecule is CC(C)(C)CN1CCNC(=O)C1. The predicted molar refractivity (Wildman–Crippen MR) is 48.9 cm³/mol. The van der Waals surface area contributed by atoms with Crippen LogP contribution in [-0.2, 0) is 4.79 Å². The third-order valence-corrected chi connectivity index (χ3v) is 1.82. The second kappa shape index (κ2) is 3.44. The van der Waals surface area contributed by atoms with Crippen LogP contribution in [0.3, 0.4) is 0 Å². The number of carbonyl (C=O) groups excluding carboxylic acids is 1. The van der Waals surface area contributed by atoms with E-state index in [1.165, 1.54) is 0 Å². The summed E-state index contributed by atoms with van der Waals surface area (Å²) in [6.07, 6.45) is 0. The van der Waals surface area contributed by atoms with Gasteiger partial charge in [-0.2, -0.15) is 0 Å². The van der Waals surface area contributed by atoms with E-state index in [4.69, 9.17) is 0 Å². The normalized spacial score (nSPS) is 20.8. The summed E-state index contributed by atoms with van der Waals surface area (Å²) in [5, 5.41) is 2.82. The topological polar surface area (TPSA) is 32.3 Å². The van der Waals surface area contributed by atoms with Crippen LogP contribution in [0.15, 0.2) is 0 Å². The van der Waals surface area contributed by atoms with E-state index in [0.29, 0.717) is 6.54 Å². The van der Waals surface area contributed by atoms with Crippen molar-refractivity contribution >= 4 is 5.91 Å². The van der Waals surface area contributed by atoms with Gasteiger partial charge in [-0.25, -0.2) is 0 Å². The van der Waals surface area contributed by atoms with Gasteiger partial charge in [0, 0.05) is 19.6 Å². The van der Waals surface area contributed by atoms with Crippen LogP contribution >= 0.6 is 0 Å². The number of hydrogen-bond acceptors (Lipinski definition) is 2. The molecule has 1 fully saturated rings. The first-order valence-electron chi connectivity index (χ1n) is 4.46. The summed E-state index contributed by atoms with van der Waals surface area (Å²) in [6, 6.07) is 0. The monoisotopic (exact) mass is 170 g/mol. The van der Waals surface area contributed by atoms with E-state index in [-0.39, 0.29) is 11.3 Å². The molecular weight excluding hydrogens is 152 g/mol. The molecule has 0 spiro atoms. The summed E-state index contributed by atoms with van der Waals surface area (Å²) in [5.41, 5.74) is 0.289. The standard InChI is InChI=1S/C9H18N2O/c1-9(2,3)7-11-5-4-10-8(12)6-11/h4-7H2,1-3H3,(H,10,12). The zero-order chi connectivity index (χ0) is 9.19. The number of hydrogen-bond donors (Lipinski definition) is 1. The van der Waals surface area contributed by atoms with Crippen molar-refractivity contribution in [3.8, 4) is 0 Å². The molecule has 1 N–H and O–H groups in total. The van der Waals surface area contributed by atoms with Gasteiger partial charge < -0.3 is 5.32 Å². The summed E-state index contributed by atoms with van der Waals surface area (Å²) in [7, 11) is 0. The Bertz CT molecular complexity index is 172. The predicted octanol–water partition coefficient (Wildman–Crippen LogP) is 0.464. The van der Waals surface area contributed by atoms with Crippen molar-refractivity contribution in [2.75, 3.05) is 26.2 Å². The average Bonchev–Trinajstić information content (AvgIpc) is 1.82. The minimum absolute atomic E-state index is 0.158. The third-order valence-electron chi connectivity index (χ3n) is 1.82. The molecular formula is C9H18N2O. The van der Waals surface area contributed by atoms with Crippen LogP contribution in [0.5, 0.6) is 0 Å². The fourth-order valence-electron chi connectivity index (χ4n) is 1.50. The number of piperazine rings is 1. The molecule has 70 valence electrons. The van der Waals surface area contributed by atoms with Gasteiger partial charge in [-0.15, -0.1) is 0 Å². The smallest absolute Gasteiger partial charge is 0.234 e.